The number of piperidine rings is 1. The zero-order chi connectivity index (χ0) is 13.7. The van der Waals surface area contributed by atoms with Gasteiger partial charge in [-0.25, -0.2) is 4.79 Å². The highest BCUT2D eigenvalue weighted by molar-refractivity contribution is 6.30. The Balaban J connectivity index is 1.75. The monoisotopic (exact) mass is 282 g/mol. The average molecular weight is 283 g/mol. The Kier molecular flexibility index (Phi) is 5.05. The van der Waals surface area contributed by atoms with Crippen LogP contribution in [-0.2, 0) is 11.2 Å². The Morgan fingerprint density at radius 1 is 1.37 bits per heavy atom. The lowest BCUT2D eigenvalue weighted by Gasteiger charge is -2.32. The first-order chi connectivity index (χ1) is 9.16. The maximum absolute atomic E-state index is 11.9. The van der Waals surface area contributed by atoms with Crippen LogP contribution in [0.5, 0.6) is 0 Å². The molecule has 1 fully saturated rings. The van der Waals surface area contributed by atoms with Gasteiger partial charge in [0.15, 0.2) is 0 Å². The molecule has 1 aromatic rings. The average Bonchev–Trinajstić information content (AvgIpc) is 2.41. The summed E-state index contributed by atoms with van der Waals surface area (Å²) in [6, 6.07) is 7.53. The van der Waals surface area contributed by atoms with Gasteiger partial charge >= 0.3 is 6.09 Å². The van der Waals surface area contributed by atoms with E-state index in [1.165, 1.54) is 0 Å². The van der Waals surface area contributed by atoms with E-state index in [1.807, 2.05) is 24.3 Å². The Bertz CT molecular complexity index is 422. The molecule has 4 nitrogen and oxygen atoms in total. The van der Waals surface area contributed by atoms with Crippen molar-refractivity contribution in [3.8, 4) is 0 Å². The molecule has 0 aliphatic carbocycles. The number of nitrogens with zero attached hydrogens (tertiary/aromatic N) is 1. The lowest BCUT2D eigenvalue weighted by Crippen LogP contribution is -2.49. The smallest absolute Gasteiger partial charge is 0.411 e. The molecule has 1 aliphatic heterocycles. The number of carbonyl (C=O) groups excluding carboxylic acids is 1. The van der Waals surface area contributed by atoms with Crippen LogP contribution in [-0.4, -0.2) is 30.3 Å². The van der Waals surface area contributed by atoms with Crippen molar-refractivity contribution in [2.45, 2.75) is 31.8 Å². The van der Waals surface area contributed by atoms with E-state index in [1.54, 1.807) is 4.90 Å². The highest BCUT2D eigenvalue weighted by Crippen LogP contribution is 2.14. The minimum Gasteiger partial charge on any atom is -0.449 e. The van der Waals surface area contributed by atoms with Crippen molar-refractivity contribution >= 4 is 17.7 Å². The van der Waals surface area contributed by atoms with Crippen molar-refractivity contribution in [1.82, 2.24) is 4.90 Å². The van der Waals surface area contributed by atoms with E-state index >= 15 is 0 Å². The summed E-state index contributed by atoms with van der Waals surface area (Å²) in [7, 11) is 0. The maximum Gasteiger partial charge on any atom is 0.411 e. The molecule has 104 valence electrons. The number of hydrogen-bond donors (Lipinski definition) is 1. The summed E-state index contributed by atoms with van der Waals surface area (Å²) in [5.41, 5.74) is 6.99. The van der Waals surface area contributed by atoms with Gasteiger partial charge in [0.05, 0.1) is 12.8 Å². The Labute approximate surface area is 118 Å². The molecule has 1 amide bonds. The van der Waals surface area contributed by atoms with Gasteiger partial charge in [-0.15, -0.1) is 0 Å². The lowest BCUT2D eigenvalue weighted by atomic mass is 10.1. The number of benzene rings is 1. The fraction of sp³-hybridized carbons (Fsp3) is 0.500. The molecule has 0 radical (unpaired) electrons. The van der Waals surface area contributed by atoms with E-state index in [0.717, 1.165) is 24.8 Å². The quantitative estimate of drug-likeness (QED) is 0.927. The van der Waals surface area contributed by atoms with Crippen molar-refractivity contribution in [3.63, 3.8) is 0 Å². The number of carbonyl (C=O) groups is 1. The molecule has 0 bridgehead atoms. The van der Waals surface area contributed by atoms with Gasteiger partial charge in [0.2, 0.25) is 0 Å². The van der Waals surface area contributed by atoms with E-state index in [9.17, 15) is 4.79 Å². The van der Waals surface area contributed by atoms with Crippen molar-refractivity contribution in [2.24, 2.45) is 5.73 Å². The van der Waals surface area contributed by atoms with Gasteiger partial charge in [0, 0.05) is 18.0 Å². The predicted molar refractivity (Wildman–Crippen MR) is 75.0 cm³/mol. The van der Waals surface area contributed by atoms with E-state index < -0.39 is 0 Å². The summed E-state index contributed by atoms with van der Waals surface area (Å²) >= 11 is 5.81. The molecule has 19 heavy (non-hydrogen) atoms. The predicted octanol–water partition coefficient (Wildman–Crippen LogP) is 2.79. The SMILES string of the molecule is NC1CCCCN1C(=O)OCCc1ccc(Cl)cc1. The fourth-order valence-electron chi connectivity index (χ4n) is 2.17. The Morgan fingerprint density at radius 2 is 2.11 bits per heavy atom. The molecule has 1 aromatic carbocycles. The van der Waals surface area contributed by atoms with Crippen LogP contribution in [0.2, 0.25) is 5.02 Å². The second kappa shape index (κ2) is 6.78. The summed E-state index contributed by atoms with van der Waals surface area (Å²) < 4.78 is 5.26. The molecule has 1 saturated heterocycles. The number of rotatable bonds is 3. The van der Waals surface area contributed by atoms with Crippen molar-refractivity contribution in [3.05, 3.63) is 34.9 Å². The number of halogens is 1. The number of amides is 1. The van der Waals surface area contributed by atoms with Crippen LogP contribution in [0, 0.1) is 0 Å². The topological polar surface area (TPSA) is 55.6 Å². The molecule has 5 heteroatoms. The van der Waals surface area contributed by atoms with Crippen LogP contribution in [0.4, 0.5) is 4.79 Å². The standard InChI is InChI=1S/C14H19ClN2O2/c15-12-6-4-11(5-7-12)8-10-19-14(18)17-9-2-1-3-13(17)16/h4-7,13H,1-3,8-10,16H2. The van der Waals surface area contributed by atoms with Gasteiger partial charge in [-0.1, -0.05) is 23.7 Å². The van der Waals surface area contributed by atoms with Gasteiger partial charge in [-0.05, 0) is 37.0 Å². The molecule has 0 spiro atoms. The number of nitrogens with two attached hydrogens (primary N) is 1. The lowest BCUT2D eigenvalue weighted by molar-refractivity contribution is 0.0755. The highest BCUT2D eigenvalue weighted by atomic mass is 35.5. The molecule has 2 N–H and O–H groups in total. The zero-order valence-corrected chi connectivity index (χ0v) is 11.6. The van der Waals surface area contributed by atoms with Crippen LogP contribution < -0.4 is 5.73 Å². The number of likely N-dealkylation sites (tertiary alicyclic amines) is 1. The second-order valence-corrected chi connectivity index (χ2v) is 5.18. The number of hydrogen-bond acceptors (Lipinski definition) is 3. The molecular weight excluding hydrogens is 264 g/mol. The molecule has 2 rings (SSSR count). The summed E-state index contributed by atoms with van der Waals surface area (Å²) in [6.07, 6.45) is 3.12. The largest absolute Gasteiger partial charge is 0.449 e. The third-order valence-corrected chi connectivity index (χ3v) is 3.57. The molecule has 0 saturated carbocycles. The minimum atomic E-state index is -0.304. The Morgan fingerprint density at radius 3 is 2.79 bits per heavy atom. The highest BCUT2D eigenvalue weighted by Gasteiger charge is 2.24. The summed E-state index contributed by atoms with van der Waals surface area (Å²) in [5, 5.41) is 0.708. The third kappa shape index (κ3) is 4.11. The van der Waals surface area contributed by atoms with Crippen LogP contribution in [0.15, 0.2) is 24.3 Å². The molecule has 1 atom stereocenters. The summed E-state index contributed by atoms with van der Waals surface area (Å²) in [6.45, 7) is 1.06. The Hall–Kier alpha value is -1.26. The normalized spacial score (nSPS) is 19.3. The van der Waals surface area contributed by atoms with E-state index in [0.29, 0.717) is 24.6 Å². The van der Waals surface area contributed by atoms with Crippen molar-refractivity contribution in [2.75, 3.05) is 13.2 Å². The van der Waals surface area contributed by atoms with Crippen LogP contribution in [0.25, 0.3) is 0 Å². The van der Waals surface area contributed by atoms with Gasteiger partial charge in [0.1, 0.15) is 0 Å². The van der Waals surface area contributed by atoms with Gasteiger partial charge in [-0.2, -0.15) is 0 Å². The molecule has 1 heterocycles. The minimum absolute atomic E-state index is 0.197. The molecular formula is C14H19ClN2O2. The van der Waals surface area contributed by atoms with Crippen LogP contribution >= 0.6 is 11.6 Å². The first-order valence-electron chi connectivity index (χ1n) is 6.60. The van der Waals surface area contributed by atoms with Gasteiger partial charge in [-0.3, -0.25) is 4.90 Å². The summed E-state index contributed by atoms with van der Waals surface area (Å²) in [5.74, 6) is 0. The van der Waals surface area contributed by atoms with Gasteiger partial charge in [0.25, 0.3) is 0 Å². The first-order valence-corrected chi connectivity index (χ1v) is 6.98. The molecule has 1 aliphatic rings. The second-order valence-electron chi connectivity index (χ2n) is 4.75. The van der Waals surface area contributed by atoms with E-state index in [4.69, 9.17) is 22.1 Å². The maximum atomic E-state index is 11.9. The third-order valence-electron chi connectivity index (χ3n) is 3.31. The van der Waals surface area contributed by atoms with E-state index in [2.05, 4.69) is 0 Å². The fourth-order valence-corrected chi connectivity index (χ4v) is 2.30. The van der Waals surface area contributed by atoms with Crippen LogP contribution in [0.1, 0.15) is 24.8 Å². The first kappa shape index (κ1) is 14.2. The molecule has 1 unspecified atom stereocenters. The summed E-state index contributed by atoms with van der Waals surface area (Å²) in [4.78, 5) is 13.5. The van der Waals surface area contributed by atoms with Crippen molar-refractivity contribution < 1.29 is 9.53 Å². The van der Waals surface area contributed by atoms with Gasteiger partial charge < -0.3 is 10.5 Å². The van der Waals surface area contributed by atoms with E-state index in [-0.39, 0.29) is 12.3 Å². The van der Waals surface area contributed by atoms with Crippen molar-refractivity contribution in [1.29, 1.82) is 0 Å². The zero-order valence-electron chi connectivity index (χ0n) is 10.8. The van der Waals surface area contributed by atoms with Crippen LogP contribution in [0.3, 0.4) is 0 Å². The molecule has 0 aromatic heterocycles. The number of ether oxygens (including phenoxy) is 1.